The second-order valence-corrected chi connectivity index (χ2v) is 6.65. The van der Waals surface area contributed by atoms with Crippen molar-refractivity contribution in [3.63, 3.8) is 0 Å². The summed E-state index contributed by atoms with van der Waals surface area (Å²) >= 11 is 0. The normalized spacial score (nSPS) is 11.2. The molecule has 0 saturated carbocycles. The summed E-state index contributed by atoms with van der Waals surface area (Å²) in [5, 5.41) is 20.3. The first-order chi connectivity index (χ1) is 13.0. The Morgan fingerprint density at radius 1 is 1.04 bits per heavy atom. The van der Waals surface area contributed by atoms with Gasteiger partial charge in [0.2, 0.25) is 5.75 Å². The Balaban J connectivity index is 1.99. The number of nitrogens with zero attached hydrogens (tertiary/aromatic N) is 1. The summed E-state index contributed by atoms with van der Waals surface area (Å²) in [7, 11) is 4.00. The number of rotatable bonds is 7. The van der Waals surface area contributed by atoms with Gasteiger partial charge in [-0.1, -0.05) is 30.3 Å². The quantitative estimate of drug-likeness (QED) is 0.619. The van der Waals surface area contributed by atoms with Gasteiger partial charge in [0.1, 0.15) is 16.9 Å². The molecule has 0 atom stereocenters. The summed E-state index contributed by atoms with van der Waals surface area (Å²) in [5.41, 5.74) is 0.368. The van der Waals surface area contributed by atoms with Gasteiger partial charge < -0.3 is 24.3 Å². The summed E-state index contributed by atoms with van der Waals surface area (Å²) in [6, 6.07) is 11.6. The highest BCUT2D eigenvalue weighted by molar-refractivity contribution is 5.91. The van der Waals surface area contributed by atoms with Gasteiger partial charge in [-0.2, -0.15) is 0 Å². The highest BCUT2D eigenvalue weighted by atomic mass is 16.5. The minimum Gasteiger partial charge on any atom is -0.507 e. The number of fused-ring (bicyclic) bond motifs is 1. The first-order valence-corrected chi connectivity index (χ1v) is 8.83. The van der Waals surface area contributed by atoms with E-state index in [1.54, 1.807) is 0 Å². The Kier molecular flexibility index (Phi) is 5.66. The molecule has 0 bridgehead atoms. The minimum atomic E-state index is -0.398. The van der Waals surface area contributed by atoms with Gasteiger partial charge in [0, 0.05) is 17.7 Å². The fraction of sp³-hybridized carbons (Fsp3) is 0.286. The zero-order chi connectivity index (χ0) is 19.4. The maximum atomic E-state index is 12.5. The zero-order valence-corrected chi connectivity index (χ0v) is 15.4. The van der Waals surface area contributed by atoms with Crippen molar-refractivity contribution in [2.24, 2.45) is 0 Å². The number of unbranched alkanes of at least 4 members (excludes halogenated alkanes) is 1. The van der Waals surface area contributed by atoms with E-state index in [1.165, 1.54) is 6.07 Å². The fourth-order valence-electron chi connectivity index (χ4n) is 2.87. The molecule has 3 rings (SSSR count). The van der Waals surface area contributed by atoms with E-state index in [-0.39, 0.29) is 28.2 Å². The lowest BCUT2D eigenvalue weighted by molar-refractivity contribution is 0.279. The van der Waals surface area contributed by atoms with E-state index in [0.717, 1.165) is 31.0 Å². The molecule has 0 aliphatic heterocycles. The highest BCUT2D eigenvalue weighted by Gasteiger charge is 2.19. The topological polar surface area (TPSA) is 83.1 Å². The molecule has 0 spiro atoms. The van der Waals surface area contributed by atoms with Crippen LogP contribution in [0.5, 0.6) is 17.2 Å². The molecule has 0 aliphatic carbocycles. The number of hydrogen-bond acceptors (Lipinski definition) is 6. The lowest BCUT2D eigenvalue weighted by atomic mass is 10.1. The molecule has 1 heterocycles. The Morgan fingerprint density at radius 2 is 1.78 bits per heavy atom. The molecule has 0 saturated heterocycles. The highest BCUT2D eigenvalue weighted by Crippen LogP contribution is 2.40. The number of benzene rings is 2. The van der Waals surface area contributed by atoms with Crippen LogP contribution in [0, 0.1) is 0 Å². The van der Waals surface area contributed by atoms with Crippen LogP contribution in [-0.4, -0.2) is 42.4 Å². The molecule has 2 aromatic carbocycles. The fourth-order valence-corrected chi connectivity index (χ4v) is 2.87. The van der Waals surface area contributed by atoms with Gasteiger partial charge in [0.25, 0.3) is 0 Å². The first-order valence-electron chi connectivity index (χ1n) is 8.83. The van der Waals surface area contributed by atoms with Crippen LogP contribution >= 0.6 is 0 Å². The summed E-state index contributed by atoms with van der Waals surface area (Å²) in [6.07, 6.45) is 1.71. The average molecular weight is 369 g/mol. The predicted octanol–water partition coefficient (Wildman–Crippen LogP) is 3.59. The maximum Gasteiger partial charge on any atom is 0.205 e. The van der Waals surface area contributed by atoms with E-state index >= 15 is 0 Å². The molecular formula is C21H23NO5. The minimum absolute atomic E-state index is 0.00391. The molecule has 142 valence electrons. The molecule has 0 unspecified atom stereocenters. The molecule has 2 N–H and O–H groups in total. The second kappa shape index (κ2) is 8.14. The Bertz CT molecular complexity index is 979. The van der Waals surface area contributed by atoms with Gasteiger partial charge in [0.05, 0.1) is 6.61 Å². The van der Waals surface area contributed by atoms with Crippen LogP contribution in [0.4, 0.5) is 0 Å². The number of phenols is 2. The smallest absolute Gasteiger partial charge is 0.205 e. The average Bonchev–Trinajstić information content (AvgIpc) is 2.63. The summed E-state index contributed by atoms with van der Waals surface area (Å²) in [5.74, 6) is -0.185. The SMILES string of the molecule is CN(C)CCCCOc1c(O)cc(O)c2c(=O)cc(-c3ccccc3)oc12. The van der Waals surface area contributed by atoms with Gasteiger partial charge in [-0.15, -0.1) is 0 Å². The Hall–Kier alpha value is -2.99. The lowest BCUT2D eigenvalue weighted by Gasteiger charge is -2.13. The molecule has 0 amide bonds. The summed E-state index contributed by atoms with van der Waals surface area (Å²) in [4.78, 5) is 14.6. The van der Waals surface area contributed by atoms with Crippen molar-refractivity contribution >= 4 is 11.0 Å². The molecule has 27 heavy (non-hydrogen) atoms. The molecule has 6 heteroatoms. The third kappa shape index (κ3) is 4.23. The van der Waals surface area contributed by atoms with Crippen molar-refractivity contribution in [3.05, 3.63) is 52.7 Å². The van der Waals surface area contributed by atoms with Crippen LogP contribution in [0.25, 0.3) is 22.3 Å². The number of hydrogen-bond donors (Lipinski definition) is 2. The van der Waals surface area contributed by atoms with Crippen LogP contribution in [-0.2, 0) is 0 Å². The number of aromatic hydroxyl groups is 2. The van der Waals surface area contributed by atoms with Gasteiger partial charge in [-0.3, -0.25) is 4.79 Å². The van der Waals surface area contributed by atoms with Crippen molar-refractivity contribution in [2.45, 2.75) is 12.8 Å². The maximum absolute atomic E-state index is 12.5. The van der Waals surface area contributed by atoms with Crippen molar-refractivity contribution in [1.82, 2.24) is 4.90 Å². The molecular weight excluding hydrogens is 346 g/mol. The molecule has 1 aromatic heterocycles. The summed E-state index contributed by atoms with van der Waals surface area (Å²) < 4.78 is 11.6. The van der Waals surface area contributed by atoms with Gasteiger partial charge in [0.15, 0.2) is 16.8 Å². The second-order valence-electron chi connectivity index (χ2n) is 6.65. The van der Waals surface area contributed by atoms with E-state index in [9.17, 15) is 15.0 Å². The van der Waals surface area contributed by atoms with Crippen molar-refractivity contribution in [1.29, 1.82) is 0 Å². The van der Waals surface area contributed by atoms with Gasteiger partial charge in [-0.25, -0.2) is 0 Å². The number of ether oxygens (including phenoxy) is 1. The van der Waals surface area contributed by atoms with Crippen LogP contribution in [0.3, 0.4) is 0 Å². The van der Waals surface area contributed by atoms with Crippen LogP contribution < -0.4 is 10.2 Å². The largest absolute Gasteiger partial charge is 0.507 e. The van der Waals surface area contributed by atoms with Crippen LogP contribution in [0.2, 0.25) is 0 Å². The predicted molar refractivity (Wildman–Crippen MR) is 105 cm³/mol. The Morgan fingerprint density at radius 3 is 2.48 bits per heavy atom. The monoisotopic (exact) mass is 369 g/mol. The Labute approximate surface area is 157 Å². The van der Waals surface area contributed by atoms with E-state index in [1.807, 2.05) is 44.4 Å². The summed E-state index contributed by atoms with van der Waals surface area (Å²) in [6.45, 7) is 1.29. The third-order valence-electron chi connectivity index (χ3n) is 4.22. The number of phenolic OH excluding ortho intramolecular Hbond substituents is 2. The van der Waals surface area contributed by atoms with E-state index < -0.39 is 5.43 Å². The molecule has 0 radical (unpaired) electrons. The van der Waals surface area contributed by atoms with Crippen molar-refractivity contribution in [2.75, 3.05) is 27.2 Å². The zero-order valence-electron chi connectivity index (χ0n) is 15.4. The molecule has 0 aliphatic rings. The van der Waals surface area contributed by atoms with Gasteiger partial charge in [-0.05, 0) is 33.5 Å². The standard InChI is InChI=1S/C21H23NO5/c1-22(2)10-6-7-11-26-20-17(25)12-15(23)19-16(24)13-18(27-21(19)20)14-8-4-3-5-9-14/h3-5,8-9,12-13,23,25H,6-7,10-11H2,1-2H3. The third-order valence-corrected chi connectivity index (χ3v) is 4.22. The van der Waals surface area contributed by atoms with Crippen molar-refractivity contribution in [3.8, 4) is 28.6 Å². The van der Waals surface area contributed by atoms with E-state index in [0.29, 0.717) is 12.4 Å². The van der Waals surface area contributed by atoms with E-state index in [2.05, 4.69) is 4.90 Å². The van der Waals surface area contributed by atoms with Crippen LogP contribution in [0.1, 0.15) is 12.8 Å². The molecule has 3 aromatic rings. The van der Waals surface area contributed by atoms with Gasteiger partial charge >= 0.3 is 0 Å². The first kappa shape index (κ1) is 18.8. The van der Waals surface area contributed by atoms with Crippen molar-refractivity contribution < 1.29 is 19.4 Å². The molecule has 0 fully saturated rings. The van der Waals surface area contributed by atoms with E-state index in [4.69, 9.17) is 9.15 Å². The molecule has 6 nitrogen and oxygen atoms in total. The van der Waals surface area contributed by atoms with Crippen LogP contribution in [0.15, 0.2) is 51.7 Å². The lowest BCUT2D eigenvalue weighted by Crippen LogP contribution is -2.13.